The Labute approximate surface area is 159 Å². The maximum atomic E-state index is 12.5. The number of anilines is 1. The summed E-state index contributed by atoms with van der Waals surface area (Å²) >= 11 is 0. The van der Waals surface area contributed by atoms with Gasteiger partial charge in [0, 0.05) is 32.3 Å². The topological polar surface area (TPSA) is 56.6 Å². The molecular formula is C19H35N3O3Si. The minimum absolute atomic E-state index is 0.202. The Bertz CT molecular complexity index is 641. The van der Waals surface area contributed by atoms with Crippen molar-refractivity contribution in [1.82, 2.24) is 9.55 Å². The molecule has 0 saturated heterocycles. The Morgan fingerprint density at radius 3 is 2.42 bits per heavy atom. The van der Waals surface area contributed by atoms with Crippen LogP contribution >= 0.6 is 0 Å². The molecule has 0 aromatic carbocycles. The van der Waals surface area contributed by atoms with E-state index in [-0.39, 0.29) is 11.1 Å². The number of ether oxygens (including phenoxy) is 1. The van der Waals surface area contributed by atoms with Crippen molar-refractivity contribution in [1.29, 1.82) is 0 Å². The van der Waals surface area contributed by atoms with Gasteiger partial charge < -0.3 is 13.7 Å². The molecule has 0 atom stereocenters. The van der Waals surface area contributed by atoms with E-state index in [2.05, 4.69) is 43.4 Å². The molecule has 6 nitrogen and oxygen atoms in total. The molecule has 7 heteroatoms. The van der Waals surface area contributed by atoms with Crippen molar-refractivity contribution < 1.29 is 14.0 Å². The van der Waals surface area contributed by atoms with Crippen molar-refractivity contribution >= 4 is 20.4 Å². The molecule has 148 valence electrons. The van der Waals surface area contributed by atoms with Gasteiger partial charge >= 0.3 is 6.09 Å². The van der Waals surface area contributed by atoms with Crippen LogP contribution in [0.5, 0.6) is 0 Å². The maximum Gasteiger partial charge on any atom is 0.417 e. The van der Waals surface area contributed by atoms with Crippen molar-refractivity contribution in [3.8, 4) is 0 Å². The lowest BCUT2D eigenvalue weighted by atomic mass is 10.2. The third kappa shape index (κ3) is 5.10. The van der Waals surface area contributed by atoms with Crippen LogP contribution in [0.4, 0.5) is 10.7 Å². The lowest BCUT2D eigenvalue weighted by Gasteiger charge is -2.36. The smallest absolute Gasteiger partial charge is 0.417 e. The van der Waals surface area contributed by atoms with E-state index < -0.39 is 13.9 Å². The molecule has 1 amide bonds. The van der Waals surface area contributed by atoms with Crippen LogP contribution in [0.1, 0.15) is 53.7 Å². The summed E-state index contributed by atoms with van der Waals surface area (Å²) in [6.45, 7) is 19.1. The average Bonchev–Trinajstić information content (AvgIpc) is 2.86. The zero-order chi connectivity index (χ0) is 19.8. The molecular weight excluding hydrogens is 346 g/mol. The molecule has 0 spiro atoms. The van der Waals surface area contributed by atoms with Crippen molar-refractivity contribution in [2.75, 3.05) is 18.1 Å². The van der Waals surface area contributed by atoms with E-state index in [4.69, 9.17) is 9.16 Å². The van der Waals surface area contributed by atoms with Gasteiger partial charge in [-0.1, -0.05) is 20.8 Å². The van der Waals surface area contributed by atoms with Crippen LogP contribution in [0.25, 0.3) is 0 Å². The number of nitrogens with zero attached hydrogens (tertiary/aromatic N) is 3. The molecule has 2 rings (SSSR count). The SMILES string of the molecule is CC(C)(C)OC(=O)N1CCCn2cc(CCO[Si](C)(C)C(C)(C)C)nc21. The van der Waals surface area contributed by atoms with Crippen LogP contribution in [0.3, 0.4) is 0 Å². The molecule has 0 aliphatic carbocycles. The van der Waals surface area contributed by atoms with Gasteiger partial charge in [0.1, 0.15) is 5.60 Å². The zero-order valence-corrected chi connectivity index (χ0v) is 18.7. The van der Waals surface area contributed by atoms with E-state index in [0.29, 0.717) is 19.1 Å². The van der Waals surface area contributed by atoms with Gasteiger partial charge in [-0.25, -0.2) is 14.7 Å². The summed E-state index contributed by atoms with van der Waals surface area (Å²) in [5.41, 5.74) is 0.459. The van der Waals surface area contributed by atoms with Gasteiger partial charge in [-0.15, -0.1) is 0 Å². The highest BCUT2D eigenvalue weighted by Crippen LogP contribution is 2.36. The minimum atomic E-state index is -1.75. The second-order valence-electron chi connectivity index (χ2n) is 9.57. The number of amides is 1. The summed E-state index contributed by atoms with van der Waals surface area (Å²) in [4.78, 5) is 18.8. The number of fused-ring (bicyclic) bond motifs is 1. The molecule has 1 aromatic rings. The van der Waals surface area contributed by atoms with E-state index in [1.165, 1.54) is 0 Å². The minimum Gasteiger partial charge on any atom is -0.443 e. The van der Waals surface area contributed by atoms with Crippen LogP contribution in [0.15, 0.2) is 6.20 Å². The molecule has 0 saturated carbocycles. The fourth-order valence-electron chi connectivity index (χ4n) is 2.58. The molecule has 2 heterocycles. The first kappa shape index (κ1) is 21.0. The Balaban J connectivity index is 2.03. The van der Waals surface area contributed by atoms with Crippen LogP contribution < -0.4 is 4.90 Å². The van der Waals surface area contributed by atoms with Gasteiger partial charge in [0.05, 0.1) is 5.69 Å². The number of imidazole rings is 1. The standard InChI is InChI=1S/C19H35N3O3Si/c1-18(2,3)25-17(23)22-12-9-11-21-14-15(20-16(21)22)10-13-24-26(7,8)19(4,5)6/h14H,9-13H2,1-8H3. The predicted molar refractivity (Wildman–Crippen MR) is 107 cm³/mol. The molecule has 0 radical (unpaired) electrons. The number of aromatic nitrogens is 2. The first-order chi connectivity index (χ1) is 11.8. The van der Waals surface area contributed by atoms with Crippen LogP contribution in [-0.2, 0) is 22.1 Å². The molecule has 1 aromatic heterocycles. The second-order valence-corrected chi connectivity index (χ2v) is 14.4. The zero-order valence-electron chi connectivity index (χ0n) is 17.7. The number of carbonyl (C=O) groups excluding carboxylic acids is 1. The molecule has 1 aliphatic heterocycles. The number of hydrogen-bond acceptors (Lipinski definition) is 4. The summed E-state index contributed by atoms with van der Waals surface area (Å²) in [6, 6.07) is 0. The van der Waals surface area contributed by atoms with E-state index in [0.717, 1.165) is 25.1 Å². The van der Waals surface area contributed by atoms with E-state index in [1.807, 2.05) is 27.0 Å². The van der Waals surface area contributed by atoms with Crippen molar-refractivity contribution in [2.24, 2.45) is 0 Å². The second kappa shape index (κ2) is 7.35. The summed E-state index contributed by atoms with van der Waals surface area (Å²) in [7, 11) is -1.75. The third-order valence-corrected chi connectivity index (χ3v) is 9.61. The van der Waals surface area contributed by atoms with Crippen molar-refractivity contribution in [3.05, 3.63) is 11.9 Å². The summed E-state index contributed by atoms with van der Waals surface area (Å²) in [5, 5.41) is 0.202. The van der Waals surface area contributed by atoms with E-state index in [1.54, 1.807) is 4.90 Å². The summed E-state index contributed by atoms with van der Waals surface area (Å²) in [5.74, 6) is 0.688. The van der Waals surface area contributed by atoms with Crippen LogP contribution in [0.2, 0.25) is 18.1 Å². The summed E-state index contributed by atoms with van der Waals surface area (Å²) < 4.78 is 13.8. The first-order valence-corrected chi connectivity index (χ1v) is 12.4. The lowest BCUT2D eigenvalue weighted by molar-refractivity contribution is 0.0572. The number of hydrogen-bond donors (Lipinski definition) is 0. The highest BCUT2D eigenvalue weighted by atomic mass is 28.4. The Morgan fingerprint density at radius 2 is 1.85 bits per heavy atom. The van der Waals surface area contributed by atoms with Gasteiger partial charge in [-0.2, -0.15) is 0 Å². The highest BCUT2D eigenvalue weighted by Gasteiger charge is 2.37. The van der Waals surface area contributed by atoms with Crippen LogP contribution in [0, 0.1) is 0 Å². The molecule has 0 fully saturated rings. The monoisotopic (exact) mass is 381 g/mol. The number of aryl methyl sites for hydroxylation is 1. The number of carbonyl (C=O) groups is 1. The Kier molecular flexibility index (Phi) is 5.92. The van der Waals surface area contributed by atoms with Crippen molar-refractivity contribution in [2.45, 2.75) is 84.7 Å². The number of rotatable bonds is 4. The molecule has 0 bridgehead atoms. The van der Waals surface area contributed by atoms with Gasteiger partial charge in [-0.3, -0.25) is 0 Å². The van der Waals surface area contributed by atoms with Crippen molar-refractivity contribution in [3.63, 3.8) is 0 Å². The Hall–Kier alpha value is -1.34. The average molecular weight is 382 g/mol. The van der Waals surface area contributed by atoms with Crippen LogP contribution in [-0.4, -0.2) is 42.7 Å². The fraction of sp³-hybridized carbons (Fsp3) is 0.789. The molecule has 26 heavy (non-hydrogen) atoms. The summed E-state index contributed by atoms with van der Waals surface area (Å²) in [6.07, 6.45) is 3.38. The quantitative estimate of drug-likeness (QED) is 0.716. The third-order valence-electron chi connectivity index (χ3n) is 5.07. The van der Waals surface area contributed by atoms with Gasteiger partial charge in [0.2, 0.25) is 5.95 Å². The highest BCUT2D eigenvalue weighted by molar-refractivity contribution is 6.74. The van der Waals surface area contributed by atoms with Gasteiger partial charge in [0.25, 0.3) is 0 Å². The predicted octanol–water partition coefficient (Wildman–Crippen LogP) is 4.59. The first-order valence-electron chi connectivity index (χ1n) is 9.51. The fourth-order valence-corrected chi connectivity index (χ4v) is 3.62. The van der Waals surface area contributed by atoms with Gasteiger partial charge in [0.15, 0.2) is 8.32 Å². The Morgan fingerprint density at radius 1 is 1.19 bits per heavy atom. The maximum absolute atomic E-state index is 12.5. The molecule has 0 N–H and O–H groups in total. The normalized spacial score (nSPS) is 15.8. The van der Waals surface area contributed by atoms with E-state index >= 15 is 0 Å². The molecule has 1 aliphatic rings. The lowest BCUT2D eigenvalue weighted by Crippen LogP contribution is -2.41. The largest absolute Gasteiger partial charge is 0.443 e. The van der Waals surface area contributed by atoms with E-state index in [9.17, 15) is 4.79 Å². The van der Waals surface area contributed by atoms with Gasteiger partial charge in [-0.05, 0) is 45.3 Å². The molecule has 0 unspecified atom stereocenters.